The summed E-state index contributed by atoms with van der Waals surface area (Å²) in [7, 11) is 0. The van der Waals surface area contributed by atoms with E-state index in [1.165, 1.54) is 24.3 Å². The molecule has 0 aliphatic heterocycles. The van der Waals surface area contributed by atoms with Crippen LogP contribution in [0.1, 0.15) is 27.3 Å². The lowest BCUT2D eigenvalue weighted by Crippen LogP contribution is -2.06. The lowest BCUT2D eigenvalue weighted by molar-refractivity contribution is -0.137. The van der Waals surface area contributed by atoms with Crippen molar-refractivity contribution < 1.29 is 23.1 Å². The Morgan fingerprint density at radius 2 is 1.83 bits per heavy atom. The largest absolute Gasteiger partial charge is 0.478 e. The molecule has 0 saturated heterocycles. The molecule has 24 heavy (non-hydrogen) atoms. The molecule has 0 aliphatic carbocycles. The highest BCUT2D eigenvalue weighted by atomic mass is 19.4. The summed E-state index contributed by atoms with van der Waals surface area (Å²) in [5, 5.41) is 9.10. The quantitative estimate of drug-likeness (QED) is 0.784. The van der Waals surface area contributed by atoms with Gasteiger partial charge in [-0.2, -0.15) is 13.2 Å². The molecule has 124 valence electrons. The second kappa shape index (κ2) is 5.67. The lowest BCUT2D eigenvalue weighted by Gasteiger charge is -2.10. The van der Waals surface area contributed by atoms with E-state index >= 15 is 0 Å². The monoisotopic (exact) mass is 334 g/mol. The molecular weight excluding hydrogens is 321 g/mol. The fraction of sp³-hybridized carbons (Fsp3) is 0.176. The van der Waals surface area contributed by atoms with E-state index in [0.29, 0.717) is 29.0 Å². The normalized spacial score (nSPS) is 11.8. The molecule has 1 heterocycles. The van der Waals surface area contributed by atoms with Gasteiger partial charge in [-0.05, 0) is 42.8 Å². The number of nitrogens with zero attached hydrogens (tertiary/aromatic N) is 2. The molecule has 1 N–H and O–H groups in total. The number of fused-ring (bicyclic) bond motifs is 1. The van der Waals surface area contributed by atoms with Gasteiger partial charge in [0.25, 0.3) is 0 Å². The Bertz CT molecular complexity index is 912. The summed E-state index contributed by atoms with van der Waals surface area (Å²) < 4.78 is 39.6. The van der Waals surface area contributed by atoms with Crippen LogP contribution >= 0.6 is 0 Å². The summed E-state index contributed by atoms with van der Waals surface area (Å²) >= 11 is 0. The number of hydrogen-bond acceptors (Lipinski definition) is 2. The second-order valence-electron chi connectivity index (χ2n) is 5.45. The van der Waals surface area contributed by atoms with Crippen molar-refractivity contribution in [2.24, 2.45) is 0 Å². The Kier molecular flexibility index (Phi) is 3.79. The average Bonchev–Trinajstić information content (AvgIpc) is 2.82. The maximum Gasteiger partial charge on any atom is 0.416 e. The maximum atomic E-state index is 12.6. The van der Waals surface area contributed by atoms with Crippen LogP contribution in [-0.4, -0.2) is 20.6 Å². The predicted octanol–water partition coefficient (Wildman–Crippen LogP) is 4.11. The van der Waals surface area contributed by atoms with Crippen LogP contribution in [0.15, 0.2) is 42.5 Å². The first-order valence-electron chi connectivity index (χ1n) is 7.12. The van der Waals surface area contributed by atoms with Crippen molar-refractivity contribution in [2.45, 2.75) is 19.6 Å². The van der Waals surface area contributed by atoms with Gasteiger partial charge in [0.15, 0.2) is 0 Å². The number of hydrogen-bond donors (Lipinski definition) is 1. The van der Waals surface area contributed by atoms with Crippen molar-refractivity contribution in [1.82, 2.24) is 9.55 Å². The second-order valence-corrected chi connectivity index (χ2v) is 5.45. The zero-order valence-corrected chi connectivity index (χ0v) is 12.6. The molecule has 0 aliphatic rings. The molecule has 0 radical (unpaired) electrons. The third kappa shape index (κ3) is 2.97. The van der Waals surface area contributed by atoms with Gasteiger partial charge in [0.2, 0.25) is 0 Å². The van der Waals surface area contributed by atoms with Crippen LogP contribution in [0.25, 0.3) is 11.0 Å². The Morgan fingerprint density at radius 3 is 2.42 bits per heavy atom. The number of aryl methyl sites for hydroxylation is 1. The molecule has 7 heteroatoms. The lowest BCUT2D eigenvalue weighted by atomic mass is 10.1. The van der Waals surface area contributed by atoms with Crippen LogP contribution in [0.4, 0.5) is 13.2 Å². The van der Waals surface area contributed by atoms with E-state index in [0.717, 1.165) is 12.1 Å². The first kappa shape index (κ1) is 16.0. The van der Waals surface area contributed by atoms with Crippen molar-refractivity contribution in [3.63, 3.8) is 0 Å². The number of imidazole rings is 1. The molecule has 0 saturated carbocycles. The van der Waals surface area contributed by atoms with Gasteiger partial charge in [-0.25, -0.2) is 9.78 Å². The van der Waals surface area contributed by atoms with Crippen molar-refractivity contribution in [3.8, 4) is 0 Å². The minimum absolute atomic E-state index is 0.135. The van der Waals surface area contributed by atoms with Crippen LogP contribution in [0, 0.1) is 6.92 Å². The van der Waals surface area contributed by atoms with Gasteiger partial charge in [0.1, 0.15) is 5.82 Å². The molecular formula is C17H13F3N2O2. The van der Waals surface area contributed by atoms with Gasteiger partial charge in [0, 0.05) is 6.54 Å². The first-order valence-corrected chi connectivity index (χ1v) is 7.12. The van der Waals surface area contributed by atoms with E-state index in [1.54, 1.807) is 17.6 Å². The number of halogens is 3. The SMILES string of the molecule is Cc1nc2ccc(C(=O)O)cc2n1Cc1ccc(C(F)(F)F)cc1. The zero-order valence-electron chi connectivity index (χ0n) is 12.6. The predicted molar refractivity (Wildman–Crippen MR) is 82.0 cm³/mol. The fourth-order valence-electron chi connectivity index (χ4n) is 2.56. The van der Waals surface area contributed by atoms with Gasteiger partial charge in [-0.1, -0.05) is 12.1 Å². The van der Waals surface area contributed by atoms with Crippen molar-refractivity contribution in [1.29, 1.82) is 0 Å². The third-order valence-electron chi connectivity index (χ3n) is 3.81. The molecule has 4 nitrogen and oxygen atoms in total. The van der Waals surface area contributed by atoms with E-state index in [-0.39, 0.29) is 5.56 Å². The smallest absolute Gasteiger partial charge is 0.416 e. The van der Waals surface area contributed by atoms with Gasteiger partial charge in [-0.15, -0.1) is 0 Å². The first-order chi connectivity index (χ1) is 11.3. The Hall–Kier alpha value is -2.83. The molecule has 1 aromatic heterocycles. The van der Waals surface area contributed by atoms with Crippen LogP contribution in [-0.2, 0) is 12.7 Å². The molecule has 3 aromatic rings. The number of aromatic nitrogens is 2. The summed E-state index contributed by atoms with van der Waals surface area (Å²) in [6, 6.07) is 9.50. The highest BCUT2D eigenvalue weighted by Gasteiger charge is 2.29. The highest BCUT2D eigenvalue weighted by molar-refractivity contribution is 5.92. The van der Waals surface area contributed by atoms with Crippen LogP contribution < -0.4 is 0 Å². The number of rotatable bonds is 3. The van der Waals surface area contributed by atoms with Crippen molar-refractivity contribution in [2.75, 3.05) is 0 Å². The Morgan fingerprint density at radius 1 is 1.17 bits per heavy atom. The number of carboxylic acid groups (broad SMARTS) is 1. The Balaban J connectivity index is 1.99. The number of aromatic carboxylic acids is 1. The van der Waals surface area contributed by atoms with E-state index < -0.39 is 17.7 Å². The minimum atomic E-state index is -4.37. The molecule has 2 aromatic carbocycles. The van der Waals surface area contributed by atoms with Crippen LogP contribution in [0.2, 0.25) is 0 Å². The minimum Gasteiger partial charge on any atom is -0.478 e. The van der Waals surface area contributed by atoms with Crippen LogP contribution in [0.5, 0.6) is 0 Å². The van der Waals surface area contributed by atoms with Crippen molar-refractivity contribution in [3.05, 3.63) is 65.0 Å². The van der Waals surface area contributed by atoms with Crippen molar-refractivity contribution >= 4 is 17.0 Å². The number of alkyl halides is 3. The maximum absolute atomic E-state index is 12.6. The van der Waals surface area contributed by atoms with Crippen LogP contribution in [0.3, 0.4) is 0 Å². The molecule has 0 atom stereocenters. The zero-order chi connectivity index (χ0) is 17.5. The van der Waals surface area contributed by atoms with E-state index in [1.807, 2.05) is 0 Å². The molecule has 0 amide bonds. The Labute approximate surface area is 135 Å². The van der Waals surface area contributed by atoms with Gasteiger partial charge < -0.3 is 9.67 Å². The topological polar surface area (TPSA) is 55.1 Å². The molecule has 3 rings (SSSR count). The number of carboxylic acids is 1. The third-order valence-corrected chi connectivity index (χ3v) is 3.81. The summed E-state index contributed by atoms with van der Waals surface area (Å²) in [6.07, 6.45) is -4.37. The van der Waals surface area contributed by atoms with Gasteiger partial charge in [-0.3, -0.25) is 0 Å². The average molecular weight is 334 g/mol. The van der Waals surface area contributed by atoms with E-state index in [9.17, 15) is 18.0 Å². The summed E-state index contributed by atoms with van der Waals surface area (Å²) in [5.74, 6) is -0.385. The molecule has 0 unspecified atom stereocenters. The van der Waals surface area contributed by atoms with E-state index in [4.69, 9.17) is 5.11 Å². The van der Waals surface area contributed by atoms with Gasteiger partial charge >= 0.3 is 12.1 Å². The summed E-state index contributed by atoms with van der Waals surface area (Å²) in [4.78, 5) is 15.5. The standard InChI is InChI=1S/C17H13F3N2O2/c1-10-21-14-7-4-12(16(23)24)8-15(14)22(10)9-11-2-5-13(6-3-11)17(18,19)20/h2-8H,9H2,1H3,(H,23,24). The summed E-state index contributed by atoms with van der Waals surface area (Å²) in [6.45, 7) is 2.08. The van der Waals surface area contributed by atoms with Gasteiger partial charge in [0.05, 0.1) is 22.2 Å². The summed E-state index contributed by atoms with van der Waals surface area (Å²) in [5.41, 5.74) is 1.38. The van der Waals surface area contributed by atoms with E-state index in [2.05, 4.69) is 4.98 Å². The highest BCUT2D eigenvalue weighted by Crippen LogP contribution is 2.29. The molecule has 0 bridgehead atoms. The number of carbonyl (C=O) groups is 1. The fourth-order valence-corrected chi connectivity index (χ4v) is 2.56. The molecule has 0 fully saturated rings. The number of benzene rings is 2. The molecule has 0 spiro atoms.